The van der Waals surface area contributed by atoms with E-state index in [4.69, 9.17) is 18.9 Å². The molecule has 2 unspecified atom stereocenters. The predicted molar refractivity (Wildman–Crippen MR) is 168 cm³/mol. The summed E-state index contributed by atoms with van der Waals surface area (Å²) in [5.74, 6) is 4.31. The zero-order chi connectivity index (χ0) is 25.0. The van der Waals surface area contributed by atoms with Crippen LogP contribution in [0.15, 0.2) is 23.7 Å². The number of hydrogen-bond donors (Lipinski definition) is 0. The van der Waals surface area contributed by atoms with E-state index in [1.54, 1.807) is 15.2 Å². The van der Waals surface area contributed by atoms with Crippen LogP contribution < -0.4 is 0 Å². The molecule has 4 rings (SSSR count). The van der Waals surface area contributed by atoms with Gasteiger partial charge in [0.15, 0.2) is 0 Å². The van der Waals surface area contributed by atoms with Crippen molar-refractivity contribution in [3.8, 4) is 0 Å². The van der Waals surface area contributed by atoms with Crippen LogP contribution in [0.1, 0.15) is 52.4 Å². The summed E-state index contributed by atoms with van der Waals surface area (Å²) >= 11 is 13.1. The molecule has 36 heavy (non-hydrogen) atoms. The van der Waals surface area contributed by atoms with Gasteiger partial charge >= 0.3 is 258 Å². The topological polar surface area (TPSA) is 36.9 Å². The van der Waals surface area contributed by atoms with Gasteiger partial charge in [0.25, 0.3) is 0 Å². The van der Waals surface area contributed by atoms with E-state index in [0.717, 1.165) is 62.3 Å². The molecule has 0 aromatic carbocycles. The summed E-state index contributed by atoms with van der Waals surface area (Å²) in [6.45, 7) is 7.79. The van der Waals surface area contributed by atoms with Crippen molar-refractivity contribution in [2.75, 3.05) is 49.4 Å². The Bertz CT molecular complexity index is 733. The fourth-order valence-electron chi connectivity index (χ4n) is 3.64. The number of hydrogen-bond acceptors (Lipinski definition) is 10. The summed E-state index contributed by atoms with van der Waals surface area (Å²) in [5.41, 5.74) is 0. The van der Waals surface area contributed by atoms with E-state index in [2.05, 4.69) is 37.4 Å². The van der Waals surface area contributed by atoms with Gasteiger partial charge < -0.3 is 0 Å². The van der Waals surface area contributed by atoms with Gasteiger partial charge in [-0.25, -0.2) is 0 Å². The molecule has 4 aliphatic heterocycles. The molecule has 0 aliphatic carbocycles. The van der Waals surface area contributed by atoms with E-state index in [9.17, 15) is 0 Å². The SMILES string of the molecule is CCSC1=C(SCCOC2CCCCO2)S/C(=C2/SC(SCCOC3CCCCO3)=C(SCC)[Se]2)[Se]1. The zero-order valence-electron chi connectivity index (χ0n) is 21.0. The van der Waals surface area contributed by atoms with Crippen LogP contribution in [0.3, 0.4) is 0 Å². The Hall–Kier alpha value is 2.20. The second kappa shape index (κ2) is 17.9. The van der Waals surface area contributed by atoms with Crippen LogP contribution in [-0.2, 0) is 18.9 Å². The van der Waals surface area contributed by atoms with Gasteiger partial charge in [-0.3, -0.25) is 0 Å². The Morgan fingerprint density at radius 2 is 1.19 bits per heavy atom. The first-order chi connectivity index (χ1) is 17.8. The van der Waals surface area contributed by atoms with Crippen molar-refractivity contribution in [3.63, 3.8) is 0 Å². The first-order valence-electron chi connectivity index (χ1n) is 12.7. The Morgan fingerprint density at radius 1 is 0.722 bits per heavy atom. The minimum absolute atomic E-state index is 0.0191. The number of rotatable bonds is 14. The van der Waals surface area contributed by atoms with Crippen molar-refractivity contribution in [1.82, 2.24) is 0 Å². The molecule has 4 nitrogen and oxygen atoms in total. The molecule has 2 fully saturated rings. The van der Waals surface area contributed by atoms with Crippen LogP contribution >= 0.6 is 70.6 Å². The molecule has 204 valence electrons. The molecule has 0 aromatic heterocycles. The van der Waals surface area contributed by atoms with Gasteiger partial charge in [-0.15, -0.1) is 0 Å². The molecule has 0 aromatic rings. The summed E-state index contributed by atoms with van der Waals surface area (Å²) in [5, 5.41) is 0. The van der Waals surface area contributed by atoms with Crippen molar-refractivity contribution >= 4 is 100 Å². The van der Waals surface area contributed by atoms with Gasteiger partial charge in [0.1, 0.15) is 0 Å². The van der Waals surface area contributed by atoms with Crippen LogP contribution in [0.25, 0.3) is 0 Å². The molecule has 0 N–H and O–H groups in total. The first kappa shape index (κ1) is 31.1. The minimum atomic E-state index is 0.0191. The fraction of sp³-hybridized carbons (Fsp3) is 0.750. The molecular weight excluding hydrogens is 703 g/mol. The van der Waals surface area contributed by atoms with Crippen LogP contribution in [0.5, 0.6) is 0 Å². The van der Waals surface area contributed by atoms with E-state index in [0.29, 0.717) is 29.9 Å². The van der Waals surface area contributed by atoms with Crippen LogP contribution in [0.2, 0.25) is 0 Å². The molecule has 0 bridgehead atoms. The normalized spacial score (nSPS) is 27.5. The summed E-state index contributed by atoms with van der Waals surface area (Å²) in [7, 11) is 0. The van der Waals surface area contributed by atoms with E-state index in [1.807, 2.05) is 47.0 Å². The van der Waals surface area contributed by atoms with Crippen molar-refractivity contribution in [2.24, 2.45) is 0 Å². The molecule has 2 atom stereocenters. The number of ether oxygens (including phenoxy) is 4. The number of thioether (sulfide) groups is 6. The van der Waals surface area contributed by atoms with Gasteiger partial charge in [-0.05, 0) is 0 Å². The molecular formula is C24H36O4S6Se2. The molecule has 2 saturated heterocycles. The van der Waals surface area contributed by atoms with E-state index in [-0.39, 0.29) is 12.6 Å². The fourth-order valence-corrected chi connectivity index (χ4v) is 21.5. The van der Waals surface area contributed by atoms with Crippen LogP contribution in [0, 0.1) is 0 Å². The monoisotopic (exact) mass is 740 g/mol. The van der Waals surface area contributed by atoms with E-state index >= 15 is 0 Å². The van der Waals surface area contributed by atoms with Gasteiger partial charge in [-0.1, -0.05) is 0 Å². The van der Waals surface area contributed by atoms with Gasteiger partial charge in [0.05, 0.1) is 0 Å². The van der Waals surface area contributed by atoms with E-state index < -0.39 is 0 Å². The van der Waals surface area contributed by atoms with Crippen molar-refractivity contribution < 1.29 is 18.9 Å². The standard InChI is InChI=1S/C24H36O4S6Se2/c1-3-29-21-19(31-15-13-27-17-9-5-7-11-25-17)33-23(35-21)24-34-20(22(36-24)30-4-2)32-16-14-28-18-10-6-8-12-26-18/h17-18H,3-16H2,1-2H3/b24-23+. The van der Waals surface area contributed by atoms with Crippen molar-refractivity contribution in [3.05, 3.63) is 23.7 Å². The Kier molecular flexibility index (Phi) is 15.5. The van der Waals surface area contributed by atoms with Gasteiger partial charge in [-0.2, -0.15) is 0 Å². The molecule has 0 radical (unpaired) electrons. The average Bonchev–Trinajstić information content (AvgIpc) is 3.50. The van der Waals surface area contributed by atoms with Crippen molar-refractivity contribution in [1.29, 1.82) is 0 Å². The molecule has 0 saturated carbocycles. The van der Waals surface area contributed by atoms with Gasteiger partial charge in [0, 0.05) is 0 Å². The zero-order valence-corrected chi connectivity index (χ0v) is 29.3. The third kappa shape index (κ3) is 10.2. The Balaban J connectivity index is 1.25. The molecule has 0 spiro atoms. The second-order valence-corrected chi connectivity index (χ2v) is 22.0. The molecule has 0 amide bonds. The van der Waals surface area contributed by atoms with Gasteiger partial charge in [0.2, 0.25) is 0 Å². The average molecular weight is 739 g/mol. The first-order valence-corrected chi connectivity index (χ1v) is 21.7. The maximum absolute atomic E-state index is 5.99. The predicted octanol–water partition coefficient (Wildman–Crippen LogP) is 7.33. The molecule has 4 aliphatic rings. The quantitative estimate of drug-likeness (QED) is 0.134. The van der Waals surface area contributed by atoms with Crippen LogP contribution in [-0.4, -0.2) is 91.9 Å². The maximum atomic E-state index is 5.99. The summed E-state index contributed by atoms with van der Waals surface area (Å²) in [6.07, 6.45) is 6.92. The van der Waals surface area contributed by atoms with Crippen molar-refractivity contribution in [2.45, 2.75) is 65.0 Å². The summed E-state index contributed by atoms with van der Waals surface area (Å²) in [4.78, 5) is 0. The Morgan fingerprint density at radius 3 is 1.58 bits per heavy atom. The van der Waals surface area contributed by atoms with Crippen LogP contribution in [0.4, 0.5) is 0 Å². The third-order valence-corrected chi connectivity index (χ3v) is 21.8. The third-order valence-electron chi connectivity index (χ3n) is 5.31. The summed E-state index contributed by atoms with van der Waals surface area (Å²) in [6, 6.07) is 0. The molecule has 4 heterocycles. The Labute approximate surface area is 255 Å². The van der Waals surface area contributed by atoms with E-state index in [1.165, 1.54) is 34.2 Å². The molecule has 12 heteroatoms. The summed E-state index contributed by atoms with van der Waals surface area (Å²) < 4.78 is 33.0. The second-order valence-electron chi connectivity index (χ2n) is 8.03.